The van der Waals surface area contributed by atoms with Gasteiger partial charge in [0.15, 0.2) is 16.1 Å². The highest BCUT2D eigenvalue weighted by Gasteiger charge is 2.43. The predicted molar refractivity (Wildman–Crippen MR) is 137 cm³/mol. The number of thiazole rings is 1. The number of ketones is 1. The number of carbonyl (C=O) groups is 2. The Labute approximate surface area is 204 Å². The quantitative estimate of drug-likeness (QED) is 0.466. The van der Waals surface area contributed by atoms with Crippen molar-refractivity contribution in [2.75, 3.05) is 12.8 Å². The van der Waals surface area contributed by atoms with Crippen molar-refractivity contribution in [1.29, 1.82) is 0 Å². The van der Waals surface area contributed by atoms with E-state index in [1.807, 2.05) is 65.6 Å². The first-order chi connectivity index (χ1) is 16.0. The third kappa shape index (κ3) is 3.98. The highest BCUT2D eigenvalue weighted by atomic mass is 32.2. The number of aliphatic imine (C=N–C) groups is 1. The second kappa shape index (κ2) is 8.96. The molecule has 0 saturated heterocycles. The molecule has 2 aliphatic heterocycles. The monoisotopic (exact) mass is 494 g/mol. The van der Waals surface area contributed by atoms with Crippen LogP contribution < -0.4 is 0 Å². The smallest absolute Gasteiger partial charge is 0.238 e. The summed E-state index contributed by atoms with van der Waals surface area (Å²) in [4.78, 5) is 37.1. The lowest BCUT2D eigenvalue weighted by molar-refractivity contribution is -0.129. The third-order valence-electron chi connectivity index (χ3n) is 5.86. The molecule has 6 nitrogen and oxygen atoms in total. The fourth-order valence-electron chi connectivity index (χ4n) is 4.19. The van der Waals surface area contributed by atoms with E-state index in [0.717, 1.165) is 27.7 Å². The molecule has 33 heavy (non-hydrogen) atoms. The van der Waals surface area contributed by atoms with Crippen molar-refractivity contribution in [1.82, 2.24) is 14.5 Å². The van der Waals surface area contributed by atoms with Crippen LogP contribution in [0.3, 0.4) is 0 Å². The first-order valence-electron chi connectivity index (χ1n) is 10.5. The number of hydrogen-bond donors (Lipinski definition) is 0. The molecule has 2 aromatic heterocycles. The van der Waals surface area contributed by atoms with E-state index in [-0.39, 0.29) is 28.7 Å². The molecule has 0 spiro atoms. The van der Waals surface area contributed by atoms with Crippen LogP contribution in [0.2, 0.25) is 0 Å². The van der Waals surface area contributed by atoms with Gasteiger partial charge in [-0.1, -0.05) is 42.1 Å². The van der Waals surface area contributed by atoms with Crippen LogP contribution >= 0.6 is 34.9 Å². The first kappa shape index (κ1) is 22.2. The SMILES string of the molecule is Cc1cc(C(=O)CSC2=N[C@H]3SC=C(c4ccccc4)[C@@H]3C(=O)N2C)c(C)n1-c1nccs1. The summed E-state index contributed by atoms with van der Waals surface area (Å²) in [6.45, 7) is 3.92. The van der Waals surface area contributed by atoms with Gasteiger partial charge in [0.05, 0.1) is 11.7 Å². The summed E-state index contributed by atoms with van der Waals surface area (Å²) in [5.74, 6) is -0.0324. The minimum absolute atomic E-state index is 0.0174. The van der Waals surface area contributed by atoms with Crippen molar-refractivity contribution >= 4 is 57.3 Å². The van der Waals surface area contributed by atoms with Crippen molar-refractivity contribution in [2.45, 2.75) is 19.2 Å². The third-order valence-corrected chi connectivity index (χ3v) is 8.70. The zero-order chi connectivity index (χ0) is 23.1. The van der Waals surface area contributed by atoms with Gasteiger partial charge in [-0.05, 0) is 36.5 Å². The molecular weight excluding hydrogens is 472 g/mol. The number of aromatic nitrogens is 2. The maximum atomic E-state index is 13.2. The van der Waals surface area contributed by atoms with E-state index in [1.165, 1.54) is 23.1 Å². The van der Waals surface area contributed by atoms with Gasteiger partial charge in [-0.15, -0.1) is 23.1 Å². The Morgan fingerprint density at radius 3 is 2.73 bits per heavy atom. The van der Waals surface area contributed by atoms with Crippen LogP contribution in [-0.2, 0) is 4.79 Å². The lowest BCUT2D eigenvalue weighted by atomic mass is 9.92. The molecule has 5 rings (SSSR count). The number of Topliss-reactive ketones (excluding diaryl/α,β-unsaturated/α-hetero) is 1. The zero-order valence-electron chi connectivity index (χ0n) is 18.4. The van der Waals surface area contributed by atoms with Gasteiger partial charge in [-0.2, -0.15) is 0 Å². The van der Waals surface area contributed by atoms with Gasteiger partial charge in [-0.25, -0.2) is 9.98 Å². The highest BCUT2D eigenvalue weighted by molar-refractivity contribution is 8.14. The highest BCUT2D eigenvalue weighted by Crippen LogP contribution is 2.45. The Morgan fingerprint density at radius 2 is 2.00 bits per heavy atom. The number of hydrogen-bond acceptors (Lipinski definition) is 7. The van der Waals surface area contributed by atoms with Crippen molar-refractivity contribution in [3.05, 3.63) is 75.9 Å². The normalized spacial score (nSPS) is 20.0. The summed E-state index contributed by atoms with van der Waals surface area (Å²) in [5.41, 5.74) is 4.60. The fraction of sp³-hybridized carbons (Fsp3) is 0.250. The number of rotatable bonds is 5. The molecule has 4 heterocycles. The van der Waals surface area contributed by atoms with E-state index in [9.17, 15) is 9.59 Å². The molecule has 0 radical (unpaired) electrons. The van der Waals surface area contributed by atoms with Gasteiger partial charge < -0.3 is 0 Å². The average Bonchev–Trinajstić information content (AvgIpc) is 3.55. The van der Waals surface area contributed by atoms with Crippen LogP contribution in [0.4, 0.5) is 0 Å². The summed E-state index contributed by atoms with van der Waals surface area (Å²) in [7, 11) is 1.74. The molecule has 0 saturated carbocycles. The van der Waals surface area contributed by atoms with E-state index < -0.39 is 0 Å². The molecule has 0 bridgehead atoms. The van der Waals surface area contributed by atoms with E-state index in [0.29, 0.717) is 10.7 Å². The van der Waals surface area contributed by atoms with Crippen LogP contribution in [0.25, 0.3) is 10.7 Å². The maximum absolute atomic E-state index is 13.2. The molecule has 2 atom stereocenters. The van der Waals surface area contributed by atoms with Crippen molar-refractivity contribution in [2.24, 2.45) is 10.9 Å². The second-order valence-corrected chi connectivity index (χ2v) is 10.7. The molecular formula is C24H22N4O2S3. The average molecular weight is 495 g/mol. The van der Waals surface area contributed by atoms with E-state index in [4.69, 9.17) is 4.99 Å². The summed E-state index contributed by atoms with van der Waals surface area (Å²) in [5, 5.41) is 5.23. The Balaban J connectivity index is 1.32. The number of benzene rings is 1. The number of thioether (sulfide) groups is 2. The van der Waals surface area contributed by atoms with Gasteiger partial charge >= 0.3 is 0 Å². The number of amidine groups is 1. The van der Waals surface area contributed by atoms with Crippen LogP contribution in [-0.4, -0.2) is 49.5 Å². The minimum Gasteiger partial charge on any atom is -0.294 e. The van der Waals surface area contributed by atoms with E-state index >= 15 is 0 Å². The van der Waals surface area contributed by atoms with Crippen LogP contribution in [0.5, 0.6) is 0 Å². The molecule has 1 amide bonds. The minimum atomic E-state index is -0.292. The van der Waals surface area contributed by atoms with Crippen LogP contribution in [0.1, 0.15) is 27.3 Å². The van der Waals surface area contributed by atoms with Crippen LogP contribution in [0.15, 0.2) is 58.4 Å². The number of carbonyl (C=O) groups excluding carboxylic acids is 2. The lowest BCUT2D eigenvalue weighted by Gasteiger charge is -2.31. The molecule has 9 heteroatoms. The fourth-order valence-corrected chi connectivity index (χ4v) is 7.05. The number of fused-ring (bicyclic) bond motifs is 1. The topological polar surface area (TPSA) is 67.6 Å². The molecule has 0 N–H and O–H groups in total. The van der Waals surface area contributed by atoms with Gasteiger partial charge in [0.2, 0.25) is 5.91 Å². The maximum Gasteiger partial charge on any atom is 0.238 e. The summed E-state index contributed by atoms with van der Waals surface area (Å²) in [6, 6.07) is 11.9. The Kier molecular flexibility index (Phi) is 6.03. The zero-order valence-corrected chi connectivity index (χ0v) is 20.8. The van der Waals surface area contributed by atoms with Crippen LogP contribution in [0, 0.1) is 19.8 Å². The predicted octanol–water partition coefficient (Wildman–Crippen LogP) is 5.02. The first-order valence-corrected chi connectivity index (χ1v) is 13.3. The largest absolute Gasteiger partial charge is 0.294 e. The molecule has 0 aliphatic carbocycles. The van der Waals surface area contributed by atoms with Gasteiger partial charge in [0.1, 0.15) is 5.37 Å². The molecule has 1 aromatic carbocycles. The molecule has 2 aliphatic rings. The molecule has 168 valence electrons. The second-order valence-electron chi connectivity index (χ2n) is 7.90. The van der Waals surface area contributed by atoms with Gasteiger partial charge in [0.25, 0.3) is 0 Å². The van der Waals surface area contributed by atoms with E-state index in [1.54, 1.807) is 29.9 Å². The molecule has 3 aromatic rings. The lowest BCUT2D eigenvalue weighted by Crippen LogP contribution is -2.44. The van der Waals surface area contributed by atoms with E-state index in [2.05, 4.69) is 4.98 Å². The van der Waals surface area contributed by atoms with Crippen molar-refractivity contribution < 1.29 is 9.59 Å². The van der Waals surface area contributed by atoms with Crippen molar-refractivity contribution in [3.8, 4) is 5.13 Å². The summed E-state index contributed by atoms with van der Waals surface area (Å²) < 4.78 is 2.01. The number of nitrogens with zero attached hydrogens (tertiary/aromatic N) is 4. The summed E-state index contributed by atoms with van der Waals surface area (Å²) >= 11 is 4.44. The number of aryl methyl sites for hydroxylation is 1. The number of amides is 1. The standard InChI is InChI=1S/C24H22N4O2S3/c1-14-11-17(15(2)28(14)23-25-9-10-31-23)19(29)13-33-24-26-21-20(22(30)27(24)3)18(12-32-21)16-7-5-4-6-8-16/h4-12,20-21H,13H2,1-3H3/t20-,21-/m0/s1. The molecule has 0 fully saturated rings. The van der Waals surface area contributed by atoms with Gasteiger partial charge in [0, 0.05) is 35.6 Å². The Hall–Kier alpha value is -2.62. The summed E-state index contributed by atoms with van der Waals surface area (Å²) in [6.07, 6.45) is 1.76. The van der Waals surface area contributed by atoms with Crippen molar-refractivity contribution in [3.63, 3.8) is 0 Å². The van der Waals surface area contributed by atoms with Gasteiger partial charge in [-0.3, -0.25) is 19.1 Å². The molecule has 0 unspecified atom stereocenters. The Morgan fingerprint density at radius 1 is 1.21 bits per heavy atom. The Bertz CT molecular complexity index is 1280.